The molecule has 3 rings (SSSR count). The molecule has 0 N–H and O–H groups in total. The lowest BCUT2D eigenvalue weighted by molar-refractivity contribution is 0.412. The van der Waals surface area contributed by atoms with Crippen LogP contribution < -0.4 is 4.74 Å². The van der Waals surface area contributed by atoms with E-state index in [0.29, 0.717) is 16.7 Å². The first-order valence-electron chi connectivity index (χ1n) is 9.86. The van der Waals surface area contributed by atoms with Crippen LogP contribution in [-0.2, 0) is 5.75 Å². The fraction of sp³-hybridized carbons (Fsp3) is 0.261. The minimum absolute atomic E-state index is 0.570. The fourth-order valence-electron chi connectivity index (χ4n) is 2.90. The van der Waals surface area contributed by atoms with Crippen LogP contribution in [0.3, 0.4) is 0 Å². The Hall–Kier alpha value is -2.42. The van der Waals surface area contributed by atoms with Crippen molar-refractivity contribution in [1.29, 1.82) is 0 Å². The summed E-state index contributed by atoms with van der Waals surface area (Å²) in [6, 6.07) is 7.84. The van der Waals surface area contributed by atoms with E-state index >= 15 is 0 Å². The summed E-state index contributed by atoms with van der Waals surface area (Å²) in [7, 11) is 1.66. The smallest absolute Gasteiger partial charge is 0.221 e. The van der Waals surface area contributed by atoms with Gasteiger partial charge in [-0.15, -0.1) is 22.0 Å². The van der Waals surface area contributed by atoms with Gasteiger partial charge in [0.15, 0.2) is 11.0 Å². The maximum atomic E-state index is 5.90. The molecule has 0 saturated heterocycles. The predicted octanol–water partition coefficient (Wildman–Crippen LogP) is 6.83. The second-order valence-corrected chi connectivity index (χ2v) is 9.09. The second-order valence-electron chi connectivity index (χ2n) is 6.71. The lowest BCUT2D eigenvalue weighted by Gasteiger charge is -2.14. The third-order valence-electron chi connectivity index (χ3n) is 4.46. The quantitative estimate of drug-likeness (QED) is 0.241. The molecular weight excluding hydrogens is 464 g/mol. The lowest BCUT2D eigenvalue weighted by atomic mass is 10.3. The largest absolute Gasteiger partial charge is 0.495 e. The molecule has 6 nitrogen and oxygen atoms in total. The third kappa shape index (κ3) is 5.68. The molecule has 2 heterocycles. The molecule has 0 unspecified atom stereocenters. The van der Waals surface area contributed by atoms with Crippen molar-refractivity contribution >= 4 is 45.6 Å². The number of para-hydroxylation sites is 2. The average molecular weight is 489 g/mol. The van der Waals surface area contributed by atoms with E-state index in [9.17, 15) is 0 Å². The average Bonchev–Trinajstić information content (AvgIpc) is 3.44. The molecule has 9 heteroatoms. The topological polar surface area (TPSA) is 66.0 Å². The number of halogens is 1. The molecule has 0 fully saturated rings. The van der Waals surface area contributed by atoms with Crippen molar-refractivity contribution < 1.29 is 9.15 Å². The van der Waals surface area contributed by atoms with Gasteiger partial charge in [0.05, 0.1) is 18.5 Å². The Morgan fingerprint density at radius 1 is 1.22 bits per heavy atom. The van der Waals surface area contributed by atoms with Crippen molar-refractivity contribution in [3.05, 3.63) is 71.2 Å². The zero-order valence-corrected chi connectivity index (χ0v) is 21.0. The van der Waals surface area contributed by atoms with Gasteiger partial charge in [-0.3, -0.25) is 4.57 Å². The fourth-order valence-corrected chi connectivity index (χ4v) is 4.33. The summed E-state index contributed by atoms with van der Waals surface area (Å²) in [4.78, 5) is 5.62. The van der Waals surface area contributed by atoms with Gasteiger partial charge in [0.2, 0.25) is 5.89 Å². The van der Waals surface area contributed by atoms with Crippen molar-refractivity contribution in [2.24, 2.45) is 0 Å². The number of methoxy groups -OCH3 is 1. The first kappa shape index (κ1) is 24.2. The highest BCUT2D eigenvalue weighted by Gasteiger charge is 2.20. The van der Waals surface area contributed by atoms with Crippen molar-refractivity contribution in [3.63, 3.8) is 0 Å². The molecule has 0 radical (unpaired) electrons. The Bertz CT molecular complexity index is 1160. The number of ether oxygens (including phenoxy) is 1. The van der Waals surface area contributed by atoms with E-state index in [4.69, 9.17) is 20.8 Å². The summed E-state index contributed by atoms with van der Waals surface area (Å²) >= 11 is 9.06. The highest BCUT2D eigenvalue weighted by atomic mass is 35.5. The van der Waals surface area contributed by atoms with Crippen molar-refractivity contribution in [3.8, 4) is 11.4 Å². The molecule has 0 aliphatic rings. The van der Waals surface area contributed by atoms with Gasteiger partial charge in [-0.2, -0.15) is 0 Å². The van der Waals surface area contributed by atoms with E-state index in [2.05, 4.69) is 15.2 Å². The number of thioether (sulfide) groups is 2. The van der Waals surface area contributed by atoms with Gasteiger partial charge in [0.25, 0.3) is 0 Å². The summed E-state index contributed by atoms with van der Waals surface area (Å²) in [5, 5.41) is 10.4. The number of rotatable bonds is 9. The first-order valence-corrected chi connectivity index (χ1v) is 12.4. The summed E-state index contributed by atoms with van der Waals surface area (Å²) in [5.74, 6) is 2.67. The monoisotopic (exact) mass is 488 g/mol. The minimum atomic E-state index is 0.570. The number of allylic oxidation sites excluding steroid dienone is 5. The van der Waals surface area contributed by atoms with E-state index < -0.39 is 0 Å². The van der Waals surface area contributed by atoms with Crippen LogP contribution in [0.2, 0.25) is 0 Å². The van der Waals surface area contributed by atoms with Crippen LogP contribution in [-0.4, -0.2) is 33.1 Å². The molecule has 0 atom stereocenters. The standard InChI is InChI=1S/C23H25ClN4O2S2/c1-6-20(31-5)21-26-27-23(28(21)18-9-7-8-10-19(18)29-4)32-14-17-13-30-22(25-17)15(2)11-12-16(3)24/h6-13H,14H2,1-5H3. The van der Waals surface area contributed by atoms with Crippen molar-refractivity contribution in [1.82, 2.24) is 19.7 Å². The van der Waals surface area contributed by atoms with Gasteiger partial charge in [-0.25, -0.2) is 4.98 Å². The van der Waals surface area contributed by atoms with Crippen LogP contribution in [0, 0.1) is 0 Å². The molecule has 0 aliphatic heterocycles. The van der Waals surface area contributed by atoms with Gasteiger partial charge >= 0.3 is 0 Å². The van der Waals surface area contributed by atoms with Gasteiger partial charge < -0.3 is 9.15 Å². The molecule has 2 aromatic heterocycles. The highest BCUT2D eigenvalue weighted by molar-refractivity contribution is 8.07. The van der Waals surface area contributed by atoms with Gasteiger partial charge in [-0.1, -0.05) is 47.6 Å². The normalized spacial score (nSPS) is 13.0. The number of benzene rings is 1. The SMILES string of the molecule is CC=C(SC)c1nnc(SCc2coc(C(C)=CC=C(C)Cl)n2)n1-c1ccccc1OC. The zero-order valence-electron chi connectivity index (χ0n) is 18.6. The van der Waals surface area contributed by atoms with Crippen LogP contribution in [0.5, 0.6) is 5.75 Å². The number of hydrogen-bond acceptors (Lipinski definition) is 7. The van der Waals surface area contributed by atoms with E-state index in [1.54, 1.807) is 25.1 Å². The predicted molar refractivity (Wildman–Crippen MR) is 134 cm³/mol. The third-order valence-corrected chi connectivity index (χ3v) is 6.41. The summed E-state index contributed by atoms with van der Waals surface area (Å²) in [5.41, 5.74) is 2.60. The maximum Gasteiger partial charge on any atom is 0.221 e. The molecule has 0 bridgehead atoms. The maximum absolute atomic E-state index is 5.90. The number of hydrogen-bond donors (Lipinski definition) is 0. The Balaban J connectivity index is 1.91. The summed E-state index contributed by atoms with van der Waals surface area (Å²) in [6.07, 6.45) is 9.43. The Labute approximate surface area is 201 Å². The van der Waals surface area contributed by atoms with Crippen LogP contribution >= 0.6 is 35.1 Å². The summed E-state index contributed by atoms with van der Waals surface area (Å²) < 4.78 is 13.3. The Kier molecular flexibility index (Phi) is 8.67. The number of aromatic nitrogens is 4. The molecule has 1 aromatic carbocycles. The van der Waals surface area contributed by atoms with Gasteiger partial charge in [0, 0.05) is 21.3 Å². The van der Waals surface area contributed by atoms with Crippen LogP contribution in [0.4, 0.5) is 0 Å². The molecular formula is C23H25ClN4O2S2. The summed E-state index contributed by atoms with van der Waals surface area (Å²) in [6.45, 7) is 5.75. The van der Waals surface area contributed by atoms with Gasteiger partial charge in [0.1, 0.15) is 12.0 Å². The molecule has 0 amide bonds. The van der Waals surface area contributed by atoms with Crippen LogP contribution in [0.25, 0.3) is 16.2 Å². The number of oxazole rings is 1. The Morgan fingerprint density at radius 3 is 2.69 bits per heavy atom. The van der Waals surface area contributed by atoms with E-state index in [-0.39, 0.29) is 0 Å². The molecule has 3 aromatic rings. The zero-order chi connectivity index (χ0) is 23.1. The van der Waals surface area contributed by atoms with Crippen molar-refractivity contribution in [2.45, 2.75) is 31.7 Å². The molecule has 32 heavy (non-hydrogen) atoms. The molecule has 0 spiro atoms. The minimum Gasteiger partial charge on any atom is -0.495 e. The highest BCUT2D eigenvalue weighted by Crippen LogP contribution is 2.34. The molecule has 0 aliphatic carbocycles. The number of nitrogens with zero attached hydrogens (tertiary/aromatic N) is 4. The van der Waals surface area contributed by atoms with E-state index in [1.807, 2.05) is 74.1 Å². The molecule has 0 saturated carbocycles. The first-order chi connectivity index (χ1) is 15.5. The van der Waals surface area contributed by atoms with Gasteiger partial charge in [-0.05, 0) is 45.2 Å². The molecule has 168 valence electrons. The van der Waals surface area contributed by atoms with Crippen LogP contribution in [0.15, 0.2) is 63.4 Å². The Morgan fingerprint density at radius 2 is 2.00 bits per heavy atom. The lowest BCUT2D eigenvalue weighted by Crippen LogP contribution is -2.04. The van der Waals surface area contributed by atoms with Crippen molar-refractivity contribution in [2.75, 3.05) is 13.4 Å². The van der Waals surface area contributed by atoms with Crippen LogP contribution in [0.1, 0.15) is 38.2 Å². The second kappa shape index (κ2) is 11.4. The van der Waals surface area contributed by atoms with E-state index in [1.165, 1.54) is 11.8 Å². The van der Waals surface area contributed by atoms with E-state index in [0.717, 1.165) is 38.6 Å².